The Labute approximate surface area is 116 Å². The topological polar surface area (TPSA) is 55.8 Å². The summed E-state index contributed by atoms with van der Waals surface area (Å²) in [7, 11) is 2.85. The molecule has 0 spiro atoms. The highest BCUT2D eigenvalue weighted by atomic mass is 79.9. The summed E-state index contributed by atoms with van der Waals surface area (Å²) in [5, 5.41) is 9.92. The van der Waals surface area contributed by atoms with Crippen LogP contribution < -0.4 is 4.74 Å². The molecule has 0 fully saturated rings. The Morgan fingerprint density at radius 3 is 2.59 bits per heavy atom. The van der Waals surface area contributed by atoms with Gasteiger partial charge in [0.2, 0.25) is 0 Å². The van der Waals surface area contributed by atoms with Gasteiger partial charge in [-0.25, -0.2) is 0 Å². The maximum Gasteiger partial charge on any atom is 0.305 e. The number of benzene rings is 1. The van der Waals surface area contributed by atoms with E-state index in [0.717, 1.165) is 0 Å². The molecule has 0 unspecified atom stereocenters. The molecule has 1 aromatic rings. The van der Waals surface area contributed by atoms with Gasteiger partial charge in [-0.1, -0.05) is 0 Å². The number of hydrogen-bond acceptors (Lipinski definition) is 4. The number of phenols is 1. The fraction of sp³-hybridized carbons (Fsp3) is 0.364. The lowest BCUT2D eigenvalue weighted by molar-refractivity contribution is -0.140. The minimum atomic E-state index is -0.313. The summed E-state index contributed by atoms with van der Waals surface area (Å²) in [4.78, 5) is 11.0. The maximum absolute atomic E-state index is 11.0. The maximum atomic E-state index is 11.0. The van der Waals surface area contributed by atoms with Gasteiger partial charge in [-0.15, -0.1) is 0 Å². The fourth-order valence-electron chi connectivity index (χ4n) is 1.36. The molecule has 0 aliphatic rings. The SMILES string of the molecule is COC(=O)CCc1cc(Br)c(OC)c(Br)c1O. The van der Waals surface area contributed by atoms with Crippen molar-refractivity contribution in [3.8, 4) is 11.5 Å². The van der Waals surface area contributed by atoms with E-state index in [9.17, 15) is 9.90 Å². The molecule has 1 aromatic carbocycles. The molecule has 0 bridgehead atoms. The third kappa shape index (κ3) is 3.35. The summed E-state index contributed by atoms with van der Waals surface area (Å²) >= 11 is 6.58. The first-order chi connectivity index (χ1) is 8.01. The van der Waals surface area contributed by atoms with Gasteiger partial charge < -0.3 is 14.6 Å². The molecule has 94 valence electrons. The molecule has 1 N–H and O–H groups in total. The number of halogens is 2. The van der Waals surface area contributed by atoms with Gasteiger partial charge in [-0.2, -0.15) is 0 Å². The van der Waals surface area contributed by atoms with E-state index in [1.54, 1.807) is 6.07 Å². The van der Waals surface area contributed by atoms with Gasteiger partial charge >= 0.3 is 5.97 Å². The molecule has 0 saturated carbocycles. The predicted octanol–water partition coefficient (Wildman–Crippen LogP) is 3.03. The van der Waals surface area contributed by atoms with Crippen molar-refractivity contribution >= 4 is 37.8 Å². The monoisotopic (exact) mass is 366 g/mol. The first kappa shape index (κ1) is 14.3. The van der Waals surface area contributed by atoms with Crippen molar-refractivity contribution in [3.05, 3.63) is 20.6 Å². The van der Waals surface area contributed by atoms with E-state index in [1.165, 1.54) is 14.2 Å². The van der Waals surface area contributed by atoms with E-state index in [1.807, 2.05) is 0 Å². The van der Waals surface area contributed by atoms with Crippen molar-refractivity contribution in [3.63, 3.8) is 0 Å². The van der Waals surface area contributed by atoms with Crippen molar-refractivity contribution in [2.24, 2.45) is 0 Å². The van der Waals surface area contributed by atoms with E-state index in [-0.39, 0.29) is 18.1 Å². The molecule has 6 heteroatoms. The lowest BCUT2D eigenvalue weighted by atomic mass is 10.1. The number of esters is 1. The molecule has 0 amide bonds. The van der Waals surface area contributed by atoms with Gasteiger partial charge in [-0.3, -0.25) is 4.79 Å². The zero-order valence-electron chi connectivity index (χ0n) is 9.42. The number of ether oxygens (including phenoxy) is 2. The number of carbonyl (C=O) groups is 1. The second-order valence-corrected chi connectivity index (χ2v) is 4.94. The Hall–Kier alpha value is -0.750. The fourth-order valence-corrected chi connectivity index (χ4v) is 2.89. The first-order valence-corrected chi connectivity index (χ1v) is 6.40. The standard InChI is InChI=1S/C11H12Br2O4/c1-16-8(14)4-3-6-5-7(12)11(17-2)9(13)10(6)15/h5,15H,3-4H2,1-2H3. The molecule has 4 nitrogen and oxygen atoms in total. The molecule has 0 saturated heterocycles. The number of methoxy groups -OCH3 is 2. The van der Waals surface area contributed by atoms with Crippen LogP contribution in [-0.4, -0.2) is 25.3 Å². The van der Waals surface area contributed by atoms with Crippen molar-refractivity contribution in [2.75, 3.05) is 14.2 Å². The summed E-state index contributed by atoms with van der Waals surface area (Å²) in [5.41, 5.74) is 0.648. The molecule has 0 aliphatic heterocycles. The van der Waals surface area contributed by atoms with Gasteiger partial charge in [0, 0.05) is 6.42 Å². The molecular formula is C11H12Br2O4. The van der Waals surface area contributed by atoms with Crippen LogP contribution in [0.15, 0.2) is 15.0 Å². The second-order valence-electron chi connectivity index (χ2n) is 3.29. The summed E-state index contributed by atoms with van der Waals surface area (Å²) in [6, 6.07) is 1.72. The van der Waals surface area contributed by atoms with Crippen LogP contribution in [0.5, 0.6) is 11.5 Å². The second kappa shape index (κ2) is 6.26. The molecule has 0 heterocycles. The van der Waals surface area contributed by atoms with Crippen molar-refractivity contribution in [2.45, 2.75) is 12.8 Å². The number of phenolic OH excluding ortho intramolecular Hbond substituents is 1. The van der Waals surface area contributed by atoms with E-state index >= 15 is 0 Å². The Kier molecular flexibility index (Phi) is 5.27. The summed E-state index contributed by atoms with van der Waals surface area (Å²) in [5.74, 6) is 0.283. The van der Waals surface area contributed by atoms with Crippen molar-refractivity contribution in [1.29, 1.82) is 0 Å². The third-order valence-corrected chi connectivity index (χ3v) is 3.58. The van der Waals surface area contributed by atoms with Crippen LogP contribution in [0.25, 0.3) is 0 Å². The van der Waals surface area contributed by atoms with Gasteiger partial charge in [0.05, 0.1) is 18.7 Å². The summed E-state index contributed by atoms with van der Waals surface area (Å²) < 4.78 is 10.8. The Morgan fingerprint density at radius 1 is 1.41 bits per heavy atom. The van der Waals surface area contributed by atoms with Crippen LogP contribution >= 0.6 is 31.9 Å². The molecular weight excluding hydrogens is 356 g/mol. The van der Waals surface area contributed by atoms with Gasteiger partial charge in [0.1, 0.15) is 10.2 Å². The lowest BCUT2D eigenvalue weighted by Gasteiger charge is -2.11. The quantitative estimate of drug-likeness (QED) is 0.831. The molecule has 0 atom stereocenters. The van der Waals surface area contributed by atoms with E-state index in [0.29, 0.717) is 26.7 Å². The number of hydrogen-bond donors (Lipinski definition) is 1. The highest BCUT2D eigenvalue weighted by Crippen LogP contribution is 2.42. The Balaban J connectivity index is 2.98. The van der Waals surface area contributed by atoms with E-state index in [4.69, 9.17) is 4.74 Å². The summed E-state index contributed by atoms with van der Waals surface area (Å²) in [6.45, 7) is 0. The van der Waals surface area contributed by atoms with E-state index < -0.39 is 0 Å². The predicted molar refractivity (Wildman–Crippen MR) is 70.4 cm³/mol. The molecule has 0 aromatic heterocycles. The van der Waals surface area contributed by atoms with Gasteiger partial charge in [0.25, 0.3) is 0 Å². The van der Waals surface area contributed by atoms with Crippen LogP contribution in [0.3, 0.4) is 0 Å². The highest BCUT2D eigenvalue weighted by molar-refractivity contribution is 9.11. The zero-order chi connectivity index (χ0) is 13.0. The zero-order valence-corrected chi connectivity index (χ0v) is 12.6. The van der Waals surface area contributed by atoms with E-state index in [2.05, 4.69) is 36.6 Å². The normalized spacial score (nSPS) is 10.1. The van der Waals surface area contributed by atoms with Gasteiger partial charge in [0.15, 0.2) is 5.75 Å². The van der Waals surface area contributed by atoms with Crippen LogP contribution in [0, 0.1) is 0 Å². The number of rotatable bonds is 4. The Morgan fingerprint density at radius 2 is 2.06 bits per heavy atom. The van der Waals surface area contributed by atoms with Crippen molar-refractivity contribution in [1.82, 2.24) is 0 Å². The average Bonchev–Trinajstić information content (AvgIpc) is 2.32. The summed E-state index contributed by atoms with van der Waals surface area (Å²) in [6.07, 6.45) is 0.620. The number of carbonyl (C=O) groups excluding carboxylic acids is 1. The third-order valence-electron chi connectivity index (χ3n) is 2.26. The molecule has 0 radical (unpaired) electrons. The minimum Gasteiger partial charge on any atom is -0.506 e. The number of aryl methyl sites for hydroxylation is 1. The highest BCUT2D eigenvalue weighted by Gasteiger charge is 2.16. The van der Waals surface area contributed by atoms with Crippen LogP contribution in [0.1, 0.15) is 12.0 Å². The van der Waals surface area contributed by atoms with Gasteiger partial charge in [-0.05, 0) is 49.9 Å². The number of aromatic hydroxyl groups is 1. The minimum absolute atomic E-state index is 0.0777. The first-order valence-electron chi connectivity index (χ1n) is 4.81. The largest absolute Gasteiger partial charge is 0.506 e. The lowest BCUT2D eigenvalue weighted by Crippen LogP contribution is -2.02. The van der Waals surface area contributed by atoms with Crippen LogP contribution in [-0.2, 0) is 16.0 Å². The average molecular weight is 368 g/mol. The Bertz CT molecular complexity index is 432. The molecule has 1 rings (SSSR count). The van der Waals surface area contributed by atoms with Crippen molar-refractivity contribution < 1.29 is 19.4 Å². The van der Waals surface area contributed by atoms with Crippen LogP contribution in [0.4, 0.5) is 0 Å². The molecule has 0 aliphatic carbocycles. The van der Waals surface area contributed by atoms with Crippen LogP contribution in [0.2, 0.25) is 0 Å². The molecule has 17 heavy (non-hydrogen) atoms. The smallest absolute Gasteiger partial charge is 0.305 e.